The molecule has 2 aromatic carbocycles. The van der Waals surface area contributed by atoms with Gasteiger partial charge in [-0.15, -0.1) is 10.2 Å². The first-order chi connectivity index (χ1) is 12.8. The van der Waals surface area contributed by atoms with E-state index < -0.39 is 0 Å². The summed E-state index contributed by atoms with van der Waals surface area (Å²) in [4.78, 5) is 0. The average molecular weight is 361 g/mol. The van der Waals surface area contributed by atoms with Crippen LogP contribution < -0.4 is 0 Å². The monoisotopic (exact) mass is 361 g/mol. The molecule has 0 bridgehead atoms. The maximum Gasteiger partial charge on any atom is 0.200 e. The van der Waals surface area contributed by atoms with Crippen molar-refractivity contribution in [3.63, 3.8) is 0 Å². The normalized spacial score (nSPS) is 11.0. The number of hydrogen-bond acceptors (Lipinski definition) is 4. The van der Waals surface area contributed by atoms with Crippen LogP contribution >= 0.6 is 11.8 Å². The highest BCUT2D eigenvalue weighted by atomic mass is 32.2. The van der Waals surface area contributed by atoms with Crippen LogP contribution in [0.25, 0.3) is 11.6 Å². The number of aryl methyl sites for hydroxylation is 1. The Balaban J connectivity index is 1.62. The topological polar surface area (TPSA) is 43.9 Å². The molecule has 0 aliphatic heterocycles. The molecule has 2 heterocycles. The van der Waals surface area contributed by atoms with Gasteiger partial charge in [0, 0.05) is 5.75 Å². The lowest BCUT2D eigenvalue weighted by Gasteiger charge is -2.09. The minimum atomic E-state index is 0.708. The van der Waals surface area contributed by atoms with Gasteiger partial charge in [0.2, 0.25) is 5.82 Å². The second-order valence-corrected chi connectivity index (χ2v) is 7.07. The summed E-state index contributed by atoms with van der Waals surface area (Å²) in [6.07, 6.45) is 1.66. The van der Waals surface area contributed by atoms with Crippen molar-refractivity contribution in [2.24, 2.45) is 0 Å². The predicted octanol–water partition coefficient (Wildman–Crippen LogP) is 5.19. The zero-order valence-electron chi connectivity index (χ0n) is 14.5. The zero-order valence-corrected chi connectivity index (χ0v) is 15.3. The summed E-state index contributed by atoms with van der Waals surface area (Å²) in [5.74, 6) is 2.34. The predicted molar refractivity (Wildman–Crippen MR) is 104 cm³/mol. The van der Waals surface area contributed by atoms with Crippen LogP contribution in [0.15, 0.2) is 82.6 Å². The van der Waals surface area contributed by atoms with Gasteiger partial charge in [0.05, 0.1) is 12.8 Å². The third-order valence-corrected chi connectivity index (χ3v) is 5.17. The molecule has 0 atom stereocenters. The summed E-state index contributed by atoms with van der Waals surface area (Å²) in [5.41, 5.74) is 3.75. The van der Waals surface area contributed by atoms with Crippen LogP contribution in [0.4, 0.5) is 0 Å². The minimum absolute atomic E-state index is 0.708. The van der Waals surface area contributed by atoms with Crippen LogP contribution in [0, 0.1) is 6.92 Å². The summed E-state index contributed by atoms with van der Waals surface area (Å²) in [5, 5.41) is 9.69. The molecule has 4 nitrogen and oxygen atoms in total. The van der Waals surface area contributed by atoms with Gasteiger partial charge in [-0.2, -0.15) is 0 Å². The quantitative estimate of drug-likeness (QED) is 0.444. The van der Waals surface area contributed by atoms with E-state index in [2.05, 4.69) is 58.1 Å². The summed E-state index contributed by atoms with van der Waals surface area (Å²) in [6.45, 7) is 2.81. The van der Waals surface area contributed by atoms with E-state index in [1.807, 2.05) is 30.3 Å². The molecule has 0 N–H and O–H groups in total. The summed E-state index contributed by atoms with van der Waals surface area (Å²) >= 11 is 1.69. The Labute approximate surface area is 156 Å². The van der Waals surface area contributed by atoms with E-state index in [0.717, 1.165) is 22.5 Å². The van der Waals surface area contributed by atoms with Gasteiger partial charge in [0.15, 0.2) is 10.9 Å². The van der Waals surface area contributed by atoms with Crippen molar-refractivity contribution in [3.05, 3.63) is 89.7 Å². The largest absolute Gasteiger partial charge is 0.461 e. The number of rotatable bonds is 6. The molecule has 0 radical (unpaired) electrons. The SMILES string of the molecule is Cc1ccc(CSc2nnc(-c3ccco3)n2Cc2ccccc2)cc1. The second kappa shape index (κ2) is 7.62. The van der Waals surface area contributed by atoms with E-state index in [1.165, 1.54) is 16.7 Å². The number of nitrogens with zero attached hydrogens (tertiary/aromatic N) is 3. The van der Waals surface area contributed by atoms with E-state index in [4.69, 9.17) is 4.42 Å². The first kappa shape index (κ1) is 16.7. The first-order valence-corrected chi connectivity index (χ1v) is 9.47. The summed E-state index contributed by atoms with van der Waals surface area (Å²) in [7, 11) is 0. The fraction of sp³-hybridized carbons (Fsp3) is 0.143. The van der Waals surface area contributed by atoms with Crippen molar-refractivity contribution in [1.29, 1.82) is 0 Å². The standard InChI is InChI=1S/C21H19N3OS/c1-16-9-11-18(12-10-16)15-26-21-23-22-20(19-8-5-13-25-19)24(21)14-17-6-3-2-4-7-17/h2-13H,14-15H2,1H3. The van der Waals surface area contributed by atoms with Crippen LogP contribution in [0.2, 0.25) is 0 Å². The second-order valence-electron chi connectivity index (χ2n) is 6.13. The molecule has 0 aliphatic carbocycles. The Morgan fingerprint density at radius 1 is 0.885 bits per heavy atom. The van der Waals surface area contributed by atoms with Gasteiger partial charge < -0.3 is 4.42 Å². The molecule has 2 aromatic heterocycles. The van der Waals surface area contributed by atoms with Crippen LogP contribution in [-0.2, 0) is 12.3 Å². The molecule has 4 rings (SSSR count). The van der Waals surface area contributed by atoms with Crippen LogP contribution in [0.3, 0.4) is 0 Å². The number of furan rings is 1. The van der Waals surface area contributed by atoms with E-state index in [9.17, 15) is 0 Å². The maximum atomic E-state index is 5.55. The van der Waals surface area contributed by atoms with Gasteiger partial charge >= 0.3 is 0 Å². The molecule has 0 aliphatic rings. The third kappa shape index (κ3) is 3.73. The Hall–Kier alpha value is -2.79. The third-order valence-electron chi connectivity index (χ3n) is 4.13. The maximum absolute atomic E-state index is 5.55. The molecule has 0 amide bonds. The highest BCUT2D eigenvalue weighted by molar-refractivity contribution is 7.98. The Morgan fingerprint density at radius 3 is 2.42 bits per heavy atom. The van der Waals surface area contributed by atoms with Crippen molar-refractivity contribution in [1.82, 2.24) is 14.8 Å². The number of thioether (sulfide) groups is 1. The Kier molecular flexibility index (Phi) is 4.88. The van der Waals surface area contributed by atoms with Crippen molar-refractivity contribution in [2.45, 2.75) is 24.4 Å². The number of aromatic nitrogens is 3. The molecule has 0 unspecified atom stereocenters. The van der Waals surface area contributed by atoms with E-state index >= 15 is 0 Å². The van der Waals surface area contributed by atoms with Gasteiger partial charge in [-0.1, -0.05) is 71.9 Å². The highest BCUT2D eigenvalue weighted by Gasteiger charge is 2.16. The number of hydrogen-bond donors (Lipinski definition) is 0. The van der Waals surface area contributed by atoms with Crippen LogP contribution in [0.1, 0.15) is 16.7 Å². The van der Waals surface area contributed by atoms with Crippen molar-refractivity contribution < 1.29 is 4.42 Å². The molecule has 130 valence electrons. The van der Waals surface area contributed by atoms with Gasteiger partial charge in [0.25, 0.3) is 0 Å². The highest BCUT2D eigenvalue weighted by Crippen LogP contribution is 2.27. The molecule has 4 aromatic rings. The molecule has 0 saturated carbocycles. The van der Waals surface area contributed by atoms with Crippen LogP contribution in [-0.4, -0.2) is 14.8 Å². The lowest BCUT2D eigenvalue weighted by Crippen LogP contribution is -2.03. The smallest absolute Gasteiger partial charge is 0.200 e. The molecular weight excluding hydrogens is 342 g/mol. The molecular formula is C21H19N3OS. The molecule has 0 fully saturated rings. The van der Waals surface area contributed by atoms with Gasteiger partial charge in [-0.25, -0.2) is 0 Å². The fourth-order valence-corrected chi connectivity index (χ4v) is 3.62. The first-order valence-electron chi connectivity index (χ1n) is 8.49. The van der Waals surface area contributed by atoms with Crippen molar-refractivity contribution in [2.75, 3.05) is 0 Å². The number of benzene rings is 2. The lowest BCUT2D eigenvalue weighted by molar-refractivity contribution is 0.569. The Morgan fingerprint density at radius 2 is 1.69 bits per heavy atom. The Bertz CT molecular complexity index is 960. The van der Waals surface area contributed by atoms with Crippen molar-refractivity contribution in [3.8, 4) is 11.6 Å². The molecule has 0 saturated heterocycles. The van der Waals surface area contributed by atoms with E-state index in [0.29, 0.717) is 6.54 Å². The average Bonchev–Trinajstić information content (AvgIpc) is 3.32. The summed E-state index contributed by atoms with van der Waals surface area (Å²) < 4.78 is 7.67. The molecule has 26 heavy (non-hydrogen) atoms. The zero-order chi connectivity index (χ0) is 17.8. The summed E-state index contributed by atoms with van der Waals surface area (Å²) in [6, 6.07) is 22.7. The minimum Gasteiger partial charge on any atom is -0.461 e. The van der Waals surface area contributed by atoms with Gasteiger partial charge in [0.1, 0.15) is 0 Å². The van der Waals surface area contributed by atoms with Crippen LogP contribution in [0.5, 0.6) is 0 Å². The van der Waals surface area contributed by atoms with E-state index in [1.54, 1.807) is 18.0 Å². The molecule has 5 heteroatoms. The fourth-order valence-electron chi connectivity index (χ4n) is 2.72. The van der Waals surface area contributed by atoms with E-state index in [-0.39, 0.29) is 0 Å². The van der Waals surface area contributed by atoms with Gasteiger partial charge in [-0.05, 0) is 30.2 Å². The van der Waals surface area contributed by atoms with Crippen molar-refractivity contribution >= 4 is 11.8 Å². The molecule has 0 spiro atoms. The lowest BCUT2D eigenvalue weighted by atomic mass is 10.2. The van der Waals surface area contributed by atoms with Gasteiger partial charge in [-0.3, -0.25) is 4.57 Å².